The number of allylic oxidation sites excluding steroid dienone is 2. The van der Waals surface area contributed by atoms with Crippen LogP contribution in [0.25, 0.3) is 34.2 Å². The summed E-state index contributed by atoms with van der Waals surface area (Å²) >= 11 is 0. The van der Waals surface area contributed by atoms with Gasteiger partial charge in [0.1, 0.15) is 0 Å². The molecule has 0 N–H and O–H groups in total. The molecule has 0 radical (unpaired) electrons. The van der Waals surface area contributed by atoms with Crippen molar-refractivity contribution >= 4 is 45.8 Å². The van der Waals surface area contributed by atoms with Crippen LogP contribution >= 0.6 is 0 Å². The molecule has 0 spiro atoms. The summed E-state index contributed by atoms with van der Waals surface area (Å²) in [5.74, 6) is -0.294. The van der Waals surface area contributed by atoms with Gasteiger partial charge in [0.25, 0.3) is 0 Å². The Morgan fingerprint density at radius 1 is 0.500 bits per heavy atom. The molecule has 34 heavy (non-hydrogen) atoms. The van der Waals surface area contributed by atoms with Crippen molar-refractivity contribution in [1.82, 2.24) is 19.9 Å². The summed E-state index contributed by atoms with van der Waals surface area (Å²) < 4.78 is 0. The van der Waals surface area contributed by atoms with Gasteiger partial charge in [0.2, 0.25) is 0 Å². The highest BCUT2D eigenvalue weighted by molar-refractivity contribution is 6.09. The lowest BCUT2D eigenvalue weighted by Gasteiger charge is -2.00. The van der Waals surface area contributed by atoms with E-state index in [0.29, 0.717) is 11.1 Å². The van der Waals surface area contributed by atoms with Gasteiger partial charge in [-0.1, -0.05) is 48.6 Å². The van der Waals surface area contributed by atoms with Gasteiger partial charge < -0.3 is 0 Å². The highest BCUT2D eigenvalue weighted by Crippen LogP contribution is 2.15. The van der Waals surface area contributed by atoms with Crippen molar-refractivity contribution in [3.63, 3.8) is 0 Å². The number of rotatable bonds is 6. The Labute approximate surface area is 195 Å². The molecule has 3 aromatic carbocycles. The van der Waals surface area contributed by atoms with Crippen molar-refractivity contribution in [2.75, 3.05) is 0 Å². The molecule has 2 aromatic heterocycles. The third-order valence-corrected chi connectivity index (χ3v) is 5.30. The second-order valence-electron chi connectivity index (χ2n) is 7.58. The average Bonchev–Trinajstić information content (AvgIpc) is 2.90. The normalized spacial score (nSPS) is 11.5. The molecule has 0 fully saturated rings. The fourth-order valence-corrected chi connectivity index (χ4v) is 3.50. The zero-order chi connectivity index (χ0) is 23.3. The Morgan fingerprint density at radius 2 is 0.882 bits per heavy atom. The Morgan fingerprint density at radius 3 is 1.29 bits per heavy atom. The molecule has 5 aromatic rings. The molecule has 2 heterocycles. The van der Waals surface area contributed by atoms with Crippen molar-refractivity contribution in [3.05, 3.63) is 120 Å². The number of carbonyl (C=O) groups excluding carboxylic acids is 2. The summed E-state index contributed by atoms with van der Waals surface area (Å²) in [5.41, 5.74) is 5.87. The van der Waals surface area contributed by atoms with Crippen molar-refractivity contribution in [3.8, 4) is 0 Å². The molecule has 0 saturated heterocycles. The van der Waals surface area contributed by atoms with Gasteiger partial charge in [-0.3, -0.25) is 29.5 Å². The summed E-state index contributed by atoms with van der Waals surface area (Å²) in [6, 6.07) is 17.9. The van der Waals surface area contributed by atoms with Crippen LogP contribution in [0.4, 0.5) is 0 Å². The van der Waals surface area contributed by atoms with Crippen LogP contribution in [-0.4, -0.2) is 31.5 Å². The van der Waals surface area contributed by atoms with Gasteiger partial charge in [-0.15, -0.1) is 0 Å². The minimum Gasteiger partial charge on any atom is -0.289 e. The van der Waals surface area contributed by atoms with E-state index in [4.69, 9.17) is 0 Å². The standard InChI is InChI=1S/C28H18N4O2/c33-27(11-3-19-1-9-23-25(17-19)31-15-13-29-23)21-5-7-22(8-6-21)28(34)12-4-20-2-10-24-26(18-20)32-16-14-30-24/h1-18H/b11-3+,12-4+. The lowest BCUT2D eigenvalue weighted by Crippen LogP contribution is -1.98. The third kappa shape index (κ3) is 4.66. The molecule has 0 aliphatic rings. The van der Waals surface area contributed by atoms with E-state index in [2.05, 4.69) is 19.9 Å². The molecular formula is C28H18N4O2. The number of fused-ring (bicyclic) bond motifs is 2. The van der Waals surface area contributed by atoms with E-state index in [-0.39, 0.29) is 11.6 Å². The summed E-state index contributed by atoms with van der Waals surface area (Å²) in [6.07, 6.45) is 13.1. The molecule has 5 rings (SSSR count). The first-order valence-corrected chi connectivity index (χ1v) is 10.6. The molecule has 0 bridgehead atoms. The maximum absolute atomic E-state index is 12.6. The first-order valence-electron chi connectivity index (χ1n) is 10.6. The van der Waals surface area contributed by atoms with Gasteiger partial charge in [-0.05, 0) is 47.5 Å². The van der Waals surface area contributed by atoms with Crippen LogP contribution in [0.3, 0.4) is 0 Å². The second kappa shape index (κ2) is 9.34. The van der Waals surface area contributed by atoms with Gasteiger partial charge in [-0.25, -0.2) is 0 Å². The van der Waals surface area contributed by atoms with Gasteiger partial charge >= 0.3 is 0 Å². The second-order valence-corrected chi connectivity index (χ2v) is 7.58. The lowest BCUT2D eigenvalue weighted by atomic mass is 10.0. The quantitative estimate of drug-likeness (QED) is 0.260. The predicted molar refractivity (Wildman–Crippen MR) is 132 cm³/mol. The van der Waals surface area contributed by atoms with E-state index >= 15 is 0 Å². The monoisotopic (exact) mass is 442 g/mol. The Hall–Kier alpha value is -4.84. The highest BCUT2D eigenvalue weighted by Gasteiger charge is 2.06. The average molecular weight is 442 g/mol. The Kier molecular flexibility index (Phi) is 5.78. The zero-order valence-corrected chi connectivity index (χ0v) is 18.0. The number of aromatic nitrogens is 4. The van der Waals surface area contributed by atoms with Gasteiger partial charge in [0.05, 0.1) is 22.1 Å². The number of carbonyl (C=O) groups is 2. The fourth-order valence-electron chi connectivity index (χ4n) is 3.50. The van der Waals surface area contributed by atoms with Crippen molar-refractivity contribution < 1.29 is 9.59 Å². The number of nitrogens with zero attached hydrogens (tertiary/aromatic N) is 4. The Bertz CT molecular complexity index is 1470. The van der Waals surface area contributed by atoms with E-state index < -0.39 is 0 Å². The fraction of sp³-hybridized carbons (Fsp3) is 0. The van der Waals surface area contributed by atoms with Crippen LogP contribution < -0.4 is 0 Å². The van der Waals surface area contributed by atoms with Crippen LogP contribution in [-0.2, 0) is 0 Å². The smallest absolute Gasteiger partial charge is 0.185 e. The summed E-state index contributed by atoms with van der Waals surface area (Å²) in [5, 5.41) is 0. The summed E-state index contributed by atoms with van der Waals surface area (Å²) in [4.78, 5) is 42.1. The summed E-state index contributed by atoms with van der Waals surface area (Å²) in [7, 11) is 0. The number of benzene rings is 3. The first kappa shape index (κ1) is 21.0. The molecule has 0 aliphatic carbocycles. The van der Waals surface area contributed by atoms with E-state index in [1.807, 2.05) is 36.4 Å². The lowest BCUT2D eigenvalue weighted by molar-refractivity contribution is 0.103. The SMILES string of the molecule is O=C(/C=C/c1ccc2nccnc2c1)c1ccc(C(=O)/C=C/c2ccc3nccnc3c2)cc1. The van der Waals surface area contributed by atoms with Crippen molar-refractivity contribution in [2.24, 2.45) is 0 Å². The van der Waals surface area contributed by atoms with E-state index in [9.17, 15) is 9.59 Å². The minimum absolute atomic E-state index is 0.147. The molecule has 0 aliphatic heterocycles. The van der Waals surface area contributed by atoms with Gasteiger partial charge in [0.15, 0.2) is 11.6 Å². The zero-order valence-electron chi connectivity index (χ0n) is 18.0. The van der Waals surface area contributed by atoms with Crippen molar-refractivity contribution in [2.45, 2.75) is 0 Å². The topological polar surface area (TPSA) is 85.7 Å². The molecule has 6 heteroatoms. The minimum atomic E-state index is -0.147. The molecule has 0 amide bonds. The maximum atomic E-state index is 12.6. The van der Waals surface area contributed by atoms with Gasteiger partial charge in [-0.2, -0.15) is 0 Å². The van der Waals surface area contributed by atoms with Crippen molar-refractivity contribution in [1.29, 1.82) is 0 Å². The van der Waals surface area contributed by atoms with Crippen LogP contribution in [0.15, 0.2) is 97.6 Å². The van der Waals surface area contributed by atoms with Crippen LogP contribution in [0.2, 0.25) is 0 Å². The third-order valence-electron chi connectivity index (χ3n) is 5.30. The molecule has 0 unspecified atom stereocenters. The molecule has 0 saturated carbocycles. The van der Waals surface area contributed by atoms with E-state index in [1.165, 1.54) is 12.2 Å². The number of hydrogen-bond donors (Lipinski definition) is 0. The predicted octanol–water partition coefficient (Wildman–Crippen LogP) is 5.37. The number of hydrogen-bond acceptors (Lipinski definition) is 6. The largest absolute Gasteiger partial charge is 0.289 e. The maximum Gasteiger partial charge on any atom is 0.185 e. The van der Waals surface area contributed by atoms with Crippen LogP contribution in [0.1, 0.15) is 31.8 Å². The summed E-state index contributed by atoms with van der Waals surface area (Å²) in [6.45, 7) is 0. The first-order chi connectivity index (χ1) is 16.7. The van der Waals surface area contributed by atoms with Crippen LogP contribution in [0, 0.1) is 0 Å². The molecular weight excluding hydrogens is 424 g/mol. The van der Waals surface area contributed by atoms with Crippen LogP contribution in [0.5, 0.6) is 0 Å². The van der Waals surface area contributed by atoms with E-state index in [0.717, 1.165) is 33.2 Å². The molecule has 162 valence electrons. The van der Waals surface area contributed by atoms with E-state index in [1.54, 1.807) is 61.2 Å². The number of ketones is 2. The highest BCUT2D eigenvalue weighted by atomic mass is 16.1. The molecule has 0 atom stereocenters. The molecule has 6 nitrogen and oxygen atoms in total. The van der Waals surface area contributed by atoms with Gasteiger partial charge in [0, 0.05) is 35.9 Å². The Balaban J connectivity index is 1.26.